The Balaban J connectivity index is 2.14. The van der Waals surface area contributed by atoms with E-state index in [-0.39, 0.29) is 18.0 Å². The summed E-state index contributed by atoms with van der Waals surface area (Å²) in [6, 6.07) is 4.46. The van der Waals surface area contributed by atoms with Gasteiger partial charge in [0.2, 0.25) is 0 Å². The van der Waals surface area contributed by atoms with Crippen LogP contribution < -0.4 is 4.74 Å². The van der Waals surface area contributed by atoms with Gasteiger partial charge in [0.1, 0.15) is 4.88 Å². The van der Waals surface area contributed by atoms with Crippen molar-refractivity contribution >= 4 is 17.3 Å². The van der Waals surface area contributed by atoms with Crippen LogP contribution in [0.1, 0.15) is 15.2 Å². The van der Waals surface area contributed by atoms with Gasteiger partial charge in [-0.3, -0.25) is 4.79 Å². The van der Waals surface area contributed by atoms with E-state index in [1.165, 1.54) is 25.4 Å². The highest BCUT2D eigenvalue weighted by molar-refractivity contribution is 7.07. The summed E-state index contributed by atoms with van der Waals surface area (Å²) in [4.78, 5) is 12.2. The van der Waals surface area contributed by atoms with E-state index in [9.17, 15) is 9.18 Å². The number of halogens is 1. The van der Waals surface area contributed by atoms with Crippen LogP contribution in [-0.2, 0) is 6.42 Å². The zero-order chi connectivity index (χ0) is 12.3. The van der Waals surface area contributed by atoms with E-state index in [0.29, 0.717) is 10.4 Å². The van der Waals surface area contributed by atoms with Gasteiger partial charge in [-0.2, -0.15) is 0 Å². The van der Waals surface area contributed by atoms with E-state index < -0.39 is 5.82 Å². The smallest absolute Gasteiger partial charge is 0.180 e. The van der Waals surface area contributed by atoms with Gasteiger partial charge in [0.15, 0.2) is 17.3 Å². The minimum absolute atomic E-state index is 0.121. The number of ketones is 1. The van der Waals surface area contributed by atoms with Crippen molar-refractivity contribution in [3.05, 3.63) is 40.7 Å². The van der Waals surface area contributed by atoms with Crippen molar-refractivity contribution in [1.29, 1.82) is 0 Å². The highest BCUT2D eigenvalue weighted by atomic mass is 32.1. The lowest BCUT2D eigenvalue weighted by Gasteiger charge is -2.03. The van der Waals surface area contributed by atoms with Crippen LogP contribution in [0.25, 0.3) is 0 Å². The van der Waals surface area contributed by atoms with Crippen molar-refractivity contribution in [3.8, 4) is 5.75 Å². The van der Waals surface area contributed by atoms with Crippen LogP contribution in [0.3, 0.4) is 0 Å². The lowest BCUT2D eigenvalue weighted by molar-refractivity contribution is 0.0996. The summed E-state index contributed by atoms with van der Waals surface area (Å²) in [7, 11) is 1.40. The van der Waals surface area contributed by atoms with E-state index in [1.807, 2.05) is 0 Å². The Bertz CT molecular complexity index is 528. The van der Waals surface area contributed by atoms with Gasteiger partial charge in [-0.15, -0.1) is 5.10 Å². The fraction of sp³-hybridized carbons (Fsp3) is 0.182. The van der Waals surface area contributed by atoms with Crippen molar-refractivity contribution in [2.75, 3.05) is 7.11 Å². The molecule has 2 aromatic rings. The number of hydrogen-bond acceptors (Lipinski definition) is 5. The molecule has 4 nitrogen and oxygen atoms in total. The minimum Gasteiger partial charge on any atom is -0.494 e. The number of benzene rings is 1. The molecule has 2 rings (SSSR count). The molecule has 0 aliphatic carbocycles. The summed E-state index contributed by atoms with van der Waals surface area (Å²) < 4.78 is 21.8. The first-order valence-electron chi connectivity index (χ1n) is 4.83. The monoisotopic (exact) mass is 252 g/mol. The maximum absolute atomic E-state index is 13.4. The van der Waals surface area contributed by atoms with Crippen LogP contribution in [0.5, 0.6) is 5.75 Å². The van der Waals surface area contributed by atoms with Crippen LogP contribution in [0.2, 0.25) is 0 Å². The van der Waals surface area contributed by atoms with Crippen molar-refractivity contribution in [3.63, 3.8) is 0 Å². The van der Waals surface area contributed by atoms with Crippen LogP contribution >= 0.6 is 11.5 Å². The molecule has 0 bridgehead atoms. The van der Waals surface area contributed by atoms with Gasteiger partial charge in [0.05, 0.1) is 13.3 Å². The number of carbonyl (C=O) groups excluding carboxylic acids is 1. The number of hydrogen-bond donors (Lipinski definition) is 0. The first-order valence-corrected chi connectivity index (χ1v) is 5.61. The summed E-state index contributed by atoms with van der Waals surface area (Å²) in [5.41, 5.74) is 0.599. The van der Waals surface area contributed by atoms with E-state index >= 15 is 0 Å². The van der Waals surface area contributed by atoms with Crippen LogP contribution in [-0.4, -0.2) is 22.5 Å². The first kappa shape index (κ1) is 11.7. The van der Waals surface area contributed by atoms with Gasteiger partial charge in [0.25, 0.3) is 0 Å². The molecule has 88 valence electrons. The molecule has 0 unspecified atom stereocenters. The molecule has 0 saturated carbocycles. The van der Waals surface area contributed by atoms with Gasteiger partial charge in [0, 0.05) is 6.42 Å². The molecular formula is C11H9FN2O2S. The second-order valence-corrected chi connectivity index (χ2v) is 4.14. The summed E-state index contributed by atoms with van der Waals surface area (Å²) in [5, 5.41) is 3.58. The second-order valence-electron chi connectivity index (χ2n) is 3.35. The van der Waals surface area contributed by atoms with E-state index in [2.05, 4.69) is 9.59 Å². The molecule has 0 fully saturated rings. The van der Waals surface area contributed by atoms with Gasteiger partial charge in [-0.1, -0.05) is 10.6 Å². The topological polar surface area (TPSA) is 52.1 Å². The molecule has 0 atom stereocenters. The van der Waals surface area contributed by atoms with E-state index in [4.69, 9.17) is 4.74 Å². The lowest BCUT2D eigenvalue weighted by Crippen LogP contribution is -2.02. The Morgan fingerprint density at radius 3 is 2.94 bits per heavy atom. The second kappa shape index (κ2) is 5.01. The molecule has 1 aromatic heterocycles. The molecule has 0 aliphatic rings. The number of aromatic nitrogens is 2. The van der Waals surface area contributed by atoms with Crippen molar-refractivity contribution in [2.45, 2.75) is 6.42 Å². The third-order valence-corrected chi connectivity index (χ3v) is 2.92. The maximum Gasteiger partial charge on any atom is 0.180 e. The number of nitrogens with zero attached hydrogens (tertiary/aromatic N) is 2. The summed E-state index contributed by atoms with van der Waals surface area (Å²) in [5.74, 6) is -0.426. The minimum atomic E-state index is -0.472. The number of methoxy groups -OCH3 is 1. The van der Waals surface area contributed by atoms with Crippen LogP contribution in [0.15, 0.2) is 24.4 Å². The van der Waals surface area contributed by atoms with Crippen LogP contribution in [0.4, 0.5) is 4.39 Å². The normalized spacial score (nSPS) is 10.2. The molecule has 0 radical (unpaired) electrons. The third kappa shape index (κ3) is 2.65. The number of carbonyl (C=O) groups is 1. The fourth-order valence-electron chi connectivity index (χ4n) is 1.38. The van der Waals surface area contributed by atoms with Gasteiger partial charge in [-0.25, -0.2) is 4.39 Å². The average molecular weight is 252 g/mol. The molecule has 1 aromatic carbocycles. The fourth-order valence-corrected chi connectivity index (χ4v) is 1.83. The Morgan fingerprint density at radius 2 is 2.35 bits per heavy atom. The Kier molecular flexibility index (Phi) is 3.43. The highest BCUT2D eigenvalue weighted by Crippen LogP contribution is 2.19. The molecule has 0 amide bonds. The first-order chi connectivity index (χ1) is 8.20. The number of Topliss-reactive ketones (excluding diaryl/α,β-unsaturated/α-hetero) is 1. The largest absolute Gasteiger partial charge is 0.494 e. The van der Waals surface area contributed by atoms with Gasteiger partial charge >= 0.3 is 0 Å². The lowest BCUT2D eigenvalue weighted by atomic mass is 10.1. The predicted octanol–water partition coefficient (Wildman–Crippen LogP) is 2.11. The third-order valence-electron chi connectivity index (χ3n) is 2.22. The van der Waals surface area contributed by atoms with Gasteiger partial charge in [-0.05, 0) is 29.2 Å². The van der Waals surface area contributed by atoms with Crippen LogP contribution in [0, 0.1) is 5.82 Å². The van der Waals surface area contributed by atoms with Crippen molar-refractivity contribution in [1.82, 2.24) is 9.59 Å². The highest BCUT2D eigenvalue weighted by Gasteiger charge is 2.11. The summed E-state index contributed by atoms with van der Waals surface area (Å²) in [6.07, 6.45) is 1.54. The molecule has 0 N–H and O–H groups in total. The average Bonchev–Trinajstić information content (AvgIpc) is 2.82. The predicted molar refractivity (Wildman–Crippen MR) is 60.9 cm³/mol. The van der Waals surface area contributed by atoms with Crippen molar-refractivity contribution < 1.29 is 13.9 Å². The molecule has 0 aliphatic heterocycles. The SMILES string of the molecule is COc1ccc(CC(=O)c2cnns2)cc1F. The Morgan fingerprint density at radius 1 is 1.53 bits per heavy atom. The maximum atomic E-state index is 13.4. The molecular weight excluding hydrogens is 243 g/mol. The Labute approximate surface area is 101 Å². The standard InChI is InChI=1S/C11H9FN2O2S/c1-16-10-3-2-7(4-8(10)12)5-9(15)11-6-13-14-17-11/h2-4,6H,5H2,1H3. The molecule has 0 spiro atoms. The number of ether oxygens (including phenoxy) is 1. The molecule has 17 heavy (non-hydrogen) atoms. The zero-order valence-corrected chi connectivity index (χ0v) is 9.83. The summed E-state index contributed by atoms with van der Waals surface area (Å²) >= 11 is 1.03. The molecule has 0 saturated heterocycles. The molecule has 6 heteroatoms. The van der Waals surface area contributed by atoms with E-state index in [1.54, 1.807) is 6.07 Å². The van der Waals surface area contributed by atoms with Gasteiger partial charge < -0.3 is 4.74 Å². The van der Waals surface area contributed by atoms with E-state index in [0.717, 1.165) is 11.5 Å². The quantitative estimate of drug-likeness (QED) is 0.782. The Hall–Kier alpha value is -1.82. The zero-order valence-electron chi connectivity index (χ0n) is 9.01. The molecule has 1 heterocycles. The number of rotatable bonds is 4. The summed E-state index contributed by atoms with van der Waals surface area (Å²) in [6.45, 7) is 0. The van der Waals surface area contributed by atoms with Crippen molar-refractivity contribution in [2.24, 2.45) is 0 Å².